The van der Waals surface area contributed by atoms with Crippen molar-refractivity contribution in [3.63, 3.8) is 0 Å². The predicted molar refractivity (Wildman–Crippen MR) is 78.9 cm³/mol. The van der Waals surface area contributed by atoms with Crippen molar-refractivity contribution in [2.24, 2.45) is 5.92 Å². The number of carbonyl (C=O) groups excluding carboxylic acids is 2. The van der Waals surface area contributed by atoms with E-state index >= 15 is 0 Å². The summed E-state index contributed by atoms with van der Waals surface area (Å²) >= 11 is 0. The van der Waals surface area contributed by atoms with E-state index < -0.39 is 0 Å². The van der Waals surface area contributed by atoms with Crippen LogP contribution in [0.25, 0.3) is 0 Å². The Labute approximate surface area is 121 Å². The maximum absolute atomic E-state index is 12.1. The molecule has 1 heterocycles. The number of carbonyl (C=O) groups is 2. The highest BCUT2D eigenvalue weighted by atomic mass is 16.2. The van der Waals surface area contributed by atoms with E-state index in [9.17, 15) is 9.59 Å². The molecule has 0 saturated carbocycles. The first kappa shape index (κ1) is 16.5. The molecule has 2 atom stereocenters. The molecule has 2 N–H and O–H groups in total. The Morgan fingerprint density at radius 2 is 2.15 bits per heavy atom. The number of terminal acetylenes is 1. The second kappa shape index (κ2) is 7.91. The summed E-state index contributed by atoms with van der Waals surface area (Å²) in [6.07, 6.45) is 7.62. The molecular formula is C15H25N3O2. The van der Waals surface area contributed by atoms with E-state index in [1.807, 2.05) is 4.90 Å². The molecule has 2 amide bonds. The SMILES string of the molecule is C#CCNC(=O)[C@@H]1CCCN1[C@H](CC(C)C)C(=O)NC. The lowest BCUT2D eigenvalue weighted by atomic mass is 10.0. The Bertz CT molecular complexity index is 387. The lowest BCUT2D eigenvalue weighted by Crippen LogP contribution is -2.53. The molecule has 0 aromatic carbocycles. The minimum Gasteiger partial charge on any atom is -0.358 e. The molecule has 0 aromatic heterocycles. The third-order valence-corrected chi connectivity index (χ3v) is 3.61. The van der Waals surface area contributed by atoms with E-state index in [-0.39, 0.29) is 30.4 Å². The van der Waals surface area contributed by atoms with Gasteiger partial charge < -0.3 is 10.6 Å². The Hall–Kier alpha value is -1.54. The fourth-order valence-corrected chi connectivity index (χ4v) is 2.71. The first-order valence-corrected chi connectivity index (χ1v) is 7.19. The Morgan fingerprint density at radius 1 is 1.45 bits per heavy atom. The molecule has 1 fully saturated rings. The number of hydrogen-bond acceptors (Lipinski definition) is 3. The van der Waals surface area contributed by atoms with Crippen molar-refractivity contribution in [2.75, 3.05) is 20.1 Å². The highest BCUT2D eigenvalue weighted by Gasteiger charge is 2.38. The Morgan fingerprint density at radius 3 is 2.70 bits per heavy atom. The summed E-state index contributed by atoms with van der Waals surface area (Å²) in [5.41, 5.74) is 0. The largest absolute Gasteiger partial charge is 0.358 e. The summed E-state index contributed by atoms with van der Waals surface area (Å²) < 4.78 is 0. The molecule has 1 aliphatic heterocycles. The van der Waals surface area contributed by atoms with Gasteiger partial charge in [0.1, 0.15) is 0 Å². The molecule has 1 saturated heterocycles. The monoisotopic (exact) mass is 279 g/mol. The predicted octanol–water partition coefficient (Wildman–Crippen LogP) is 0.361. The highest BCUT2D eigenvalue weighted by molar-refractivity contribution is 5.85. The fourth-order valence-electron chi connectivity index (χ4n) is 2.71. The van der Waals surface area contributed by atoms with Gasteiger partial charge in [0.25, 0.3) is 0 Å². The summed E-state index contributed by atoms with van der Waals surface area (Å²) in [7, 11) is 1.64. The molecule has 20 heavy (non-hydrogen) atoms. The zero-order valence-electron chi connectivity index (χ0n) is 12.6. The van der Waals surface area contributed by atoms with Crippen molar-refractivity contribution in [2.45, 2.75) is 45.2 Å². The standard InChI is InChI=1S/C15H25N3O2/c1-5-8-17-15(20)12-7-6-9-18(12)13(10-11(2)3)14(19)16-4/h1,11-13H,6-10H2,2-4H3,(H,16,19)(H,17,20)/t12-,13+/m0/s1. The summed E-state index contributed by atoms with van der Waals surface area (Å²) in [6, 6.07) is -0.492. The van der Waals surface area contributed by atoms with Gasteiger partial charge in [-0.1, -0.05) is 19.8 Å². The molecule has 5 heteroatoms. The molecule has 0 aromatic rings. The van der Waals surface area contributed by atoms with Gasteiger partial charge >= 0.3 is 0 Å². The Kier molecular flexibility index (Phi) is 6.53. The van der Waals surface area contributed by atoms with Crippen LogP contribution in [0.2, 0.25) is 0 Å². The van der Waals surface area contributed by atoms with Crippen molar-refractivity contribution < 1.29 is 9.59 Å². The van der Waals surface area contributed by atoms with E-state index in [0.29, 0.717) is 5.92 Å². The van der Waals surface area contributed by atoms with E-state index in [4.69, 9.17) is 6.42 Å². The van der Waals surface area contributed by atoms with Crippen molar-refractivity contribution in [3.8, 4) is 12.3 Å². The topological polar surface area (TPSA) is 61.4 Å². The van der Waals surface area contributed by atoms with E-state index in [1.165, 1.54) is 0 Å². The number of likely N-dealkylation sites (tertiary alicyclic amines) is 1. The number of nitrogens with one attached hydrogen (secondary N) is 2. The molecule has 0 bridgehead atoms. The molecule has 1 aliphatic rings. The van der Waals surface area contributed by atoms with Crippen LogP contribution in [0.1, 0.15) is 33.1 Å². The lowest BCUT2D eigenvalue weighted by molar-refractivity contribution is -0.131. The normalized spacial score (nSPS) is 20.4. The molecule has 0 aliphatic carbocycles. The molecule has 0 radical (unpaired) electrons. The summed E-state index contributed by atoms with van der Waals surface area (Å²) in [6.45, 7) is 5.18. The third-order valence-electron chi connectivity index (χ3n) is 3.61. The number of likely N-dealkylation sites (N-methyl/N-ethyl adjacent to an activating group) is 1. The minimum absolute atomic E-state index is 0.0182. The van der Waals surface area contributed by atoms with Crippen LogP contribution in [0.4, 0.5) is 0 Å². The average molecular weight is 279 g/mol. The van der Waals surface area contributed by atoms with Crippen LogP contribution in [-0.2, 0) is 9.59 Å². The van der Waals surface area contributed by atoms with Gasteiger partial charge in [0.15, 0.2) is 0 Å². The second-order valence-corrected chi connectivity index (χ2v) is 5.58. The van der Waals surface area contributed by atoms with Crippen molar-refractivity contribution in [3.05, 3.63) is 0 Å². The molecule has 1 rings (SSSR count). The number of nitrogens with zero attached hydrogens (tertiary/aromatic N) is 1. The van der Waals surface area contributed by atoms with Crippen molar-refractivity contribution >= 4 is 11.8 Å². The summed E-state index contributed by atoms with van der Waals surface area (Å²) in [4.78, 5) is 26.3. The van der Waals surface area contributed by atoms with Crippen LogP contribution in [0.3, 0.4) is 0 Å². The van der Waals surface area contributed by atoms with Crippen LogP contribution >= 0.6 is 0 Å². The van der Waals surface area contributed by atoms with Gasteiger partial charge in [-0.2, -0.15) is 0 Å². The molecule has 112 valence electrons. The van der Waals surface area contributed by atoms with Crippen LogP contribution < -0.4 is 10.6 Å². The number of rotatable bonds is 6. The molecule has 5 nitrogen and oxygen atoms in total. The minimum atomic E-state index is -0.246. The van der Waals surface area contributed by atoms with Crippen LogP contribution in [0, 0.1) is 18.3 Å². The average Bonchev–Trinajstić information content (AvgIpc) is 2.90. The highest BCUT2D eigenvalue weighted by Crippen LogP contribution is 2.24. The summed E-state index contributed by atoms with van der Waals surface area (Å²) in [5, 5.41) is 5.43. The number of hydrogen-bond donors (Lipinski definition) is 2. The van der Waals surface area contributed by atoms with Gasteiger partial charge in [0, 0.05) is 7.05 Å². The maximum atomic E-state index is 12.1. The smallest absolute Gasteiger partial charge is 0.238 e. The first-order valence-electron chi connectivity index (χ1n) is 7.19. The van der Waals surface area contributed by atoms with E-state index in [2.05, 4.69) is 30.4 Å². The van der Waals surface area contributed by atoms with Crippen LogP contribution in [0.5, 0.6) is 0 Å². The molecule has 0 spiro atoms. The van der Waals surface area contributed by atoms with Gasteiger partial charge in [0.2, 0.25) is 11.8 Å². The number of amides is 2. The first-order chi connectivity index (χ1) is 9.51. The van der Waals surface area contributed by atoms with E-state index in [0.717, 1.165) is 25.8 Å². The van der Waals surface area contributed by atoms with Crippen molar-refractivity contribution in [1.29, 1.82) is 0 Å². The second-order valence-electron chi connectivity index (χ2n) is 5.58. The van der Waals surface area contributed by atoms with Gasteiger partial charge in [-0.3, -0.25) is 14.5 Å². The quantitative estimate of drug-likeness (QED) is 0.690. The van der Waals surface area contributed by atoms with Gasteiger partial charge in [-0.05, 0) is 31.7 Å². The van der Waals surface area contributed by atoms with Gasteiger partial charge in [-0.25, -0.2) is 0 Å². The third kappa shape index (κ3) is 4.24. The molecular weight excluding hydrogens is 254 g/mol. The maximum Gasteiger partial charge on any atom is 0.238 e. The summed E-state index contributed by atoms with van der Waals surface area (Å²) in [5.74, 6) is 2.71. The zero-order chi connectivity index (χ0) is 15.1. The fraction of sp³-hybridized carbons (Fsp3) is 0.733. The van der Waals surface area contributed by atoms with Gasteiger partial charge in [0.05, 0.1) is 18.6 Å². The zero-order valence-corrected chi connectivity index (χ0v) is 12.6. The van der Waals surface area contributed by atoms with Crippen LogP contribution in [0.15, 0.2) is 0 Å². The van der Waals surface area contributed by atoms with Crippen molar-refractivity contribution in [1.82, 2.24) is 15.5 Å². The van der Waals surface area contributed by atoms with E-state index in [1.54, 1.807) is 7.05 Å². The molecule has 0 unspecified atom stereocenters. The lowest BCUT2D eigenvalue weighted by Gasteiger charge is -2.32. The van der Waals surface area contributed by atoms with Gasteiger partial charge in [-0.15, -0.1) is 6.42 Å². The Balaban J connectivity index is 2.80. The van der Waals surface area contributed by atoms with Crippen LogP contribution in [-0.4, -0.2) is 48.9 Å².